The molecule has 2 fully saturated rings. The minimum atomic E-state index is -2.01. The minimum absolute atomic E-state index is 0.0396. The summed E-state index contributed by atoms with van der Waals surface area (Å²) < 4.78 is 44.3. The van der Waals surface area contributed by atoms with Crippen molar-refractivity contribution in [3.8, 4) is 51.6 Å². The number of aliphatic hydroxyl groups is 5. The molecule has 1 aromatic heterocycles. The van der Waals surface area contributed by atoms with Crippen LogP contribution in [0.5, 0.6) is 40.2 Å². The minimum Gasteiger partial charge on any atom is -0.508 e. The van der Waals surface area contributed by atoms with Gasteiger partial charge in [0.1, 0.15) is 59.1 Å². The molecule has 6 rings (SSSR count). The number of carbonyl (C=O) groups is 1. The van der Waals surface area contributed by atoms with E-state index in [1.54, 1.807) is 0 Å². The third-order valence-electron chi connectivity index (χ3n) is 9.34. The first-order chi connectivity index (χ1) is 27.1. The highest BCUT2D eigenvalue weighted by Gasteiger charge is 2.49. The average Bonchev–Trinajstić information content (AvgIpc) is 3.18. The molecule has 3 heterocycles. The monoisotopic (exact) mass is 800 g/mol. The molecule has 0 saturated carbocycles. The van der Waals surface area contributed by atoms with E-state index in [0.717, 1.165) is 18.2 Å². The van der Waals surface area contributed by atoms with Crippen LogP contribution in [0.25, 0.3) is 28.4 Å². The molecule has 0 amide bonds. The molecule has 2 aliphatic heterocycles. The first-order valence-electron chi connectivity index (χ1n) is 17.3. The third-order valence-corrected chi connectivity index (χ3v) is 9.34. The molecule has 306 valence electrons. The normalized spacial score (nSPS) is 27.6. The summed E-state index contributed by atoms with van der Waals surface area (Å²) in [6.07, 6.45) is -14.5. The first-order valence-corrected chi connectivity index (χ1v) is 17.3. The molecule has 3 aromatic carbocycles. The molecule has 10 unspecified atom stereocenters. The summed E-state index contributed by atoms with van der Waals surface area (Å²) in [6.45, 7) is 0.741. The van der Waals surface area contributed by atoms with Crippen LogP contribution in [-0.4, -0.2) is 134 Å². The van der Waals surface area contributed by atoms with Gasteiger partial charge in [-0.3, -0.25) is 4.79 Å². The van der Waals surface area contributed by atoms with Gasteiger partial charge < -0.3 is 83.5 Å². The smallest absolute Gasteiger partial charge is 0.331 e. The molecular formula is C38H40O19. The van der Waals surface area contributed by atoms with Crippen molar-refractivity contribution in [1.29, 1.82) is 0 Å². The van der Waals surface area contributed by atoms with Gasteiger partial charge in [-0.25, -0.2) is 4.79 Å². The molecule has 19 nitrogen and oxygen atoms in total. The summed E-state index contributed by atoms with van der Waals surface area (Å²) in [4.78, 5) is 26.6. The molecule has 4 aromatic rings. The van der Waals surface area contributed by atoms with Gasteiger partial charge in [0.2, 0.25) is 17.5 Å². The number of fused-ring (bicyclic) bond motifs is 1. The van der Waals surface area contributed by atoms with Crippen LogP contribution in [0.4, 0.5) is 0 Å². The fraction of sp³-hybridized carbons (Fsp3) is 0.368. The topological polar surface area (TPSA) is 294 Å². The van der Waals surface area contributed by atoms with Gasteiger partial charge in [-0.15, -0.1) is 0 Å². The number of phenolic OH excluding ortho intramolecular Hbond substituents is 4. The standard InChI is InChI=1S/C38H40O19/c1-15-28(44)35(56-26(43)9-5-16-4-7-19(40)22(10-16)50-2)33(49)37(53-15)52-14-25-29(45)31(47)32(48)38(55-25)57-36-30(46)27-21(42)12-18(39)13-24(27)54-34(36)17-6-8-20(41)23(11-17)51-3/h4-13,15,25,28-29,31-33,35,37-42,44-45,47-49H,14H2,1-3H3. The van der Waals surface area contributed by atoms with Crippen molar-refractivity contribution in [3.05, 3.63) is 70.4 Å². The zero-order valence-electron chi connectivity index (χ0n) is 30.4. The number of aromatic hydroxyl groups is 4. The van der Waals surface area contributed by atoms with E-state index in [-0.39, 0.29) is 39.9 Å². The first kappa shape index (κ1) is 41.0. The Morgan fingerprint density at radius 1 is 0.772 bits per heavy atom. The van der Waals surface area contributed by atoms with Crippen LogP contribution in [0.15, 0.2) is 63.8 Å². The molecule has 0 radical (unpaired) electrons. The van der Waals surface area contributed by atoms with E-state index in [1.807, 2.05) is 0 Å². The third kappa shape index (κ3) is 8.41. The summed E-state index contributed by atoms with van der Waals surface area (Å²) in [6, 6.07) is 10.1. The summed E-state index contributed by atoms with van der Waals surface area (Å²) >= 11 is 0. The quantitative estimate of drug-likeness (QED) is 0.0741. The van der Waals surface area contributed by atoms with Crippen LogP contribution >= 0.6 is 0 Å². The predicted octanol–water partition coefficient (Wildman–Crippen LogP) is 0.594. The summed E-state index contributed by atoms with van der Waals surface area (Å²) in [5.41, 5.74) is -0.744. The molecule has 9 N–H and O–H groups in total. The van der Waals surface area contributed by atoms with E-state index in [0.29, 0.717) is 5.56 Å². The number of methoxy groups -OCH3 is 2. The van der Waals surface area contributed by atoms with Crippen molar-refractivity contribution in [2.24, 2.45) is 0 Å². The van der Waals surface area contributed by atoms with Crippen LogP contribution in [0.3, 0.4) is 0 Å². The van der Waals surface area contributed by atoms with E-state index >= 15 is 0 Å². The lowest BCUT2D eigenvalue weighted by Gasteiger charge is -2.43. The second-order valence-electron chi connectivity index (χ2n) is 13.1. The maximum atomic E-state index is 13.9. The molecule has 57 heavy (non-hydrogen) atoms. The van der Waals surface area contributed by atoms with E-state index < -0.39 is 102 Å². The summed E-state index contributed by atoms with van der Waals surface area (Å²) in [5, 5.41) is 94.5. The van der Waals surface area contributed by atoms with Gasteiger partial charge in [0.25, 0.3) is 0 Å². The average molecular weight is 801 g/mol. The van der Waals surface area contributed by atoms with Gasteiger partial charge >= 0.3 is 5.97 Å². The molecule has 10 atom stereocenters. The van der Waals surface area contributed by atoms with Crippen molar-refractivity contribution >= 4 is 23.0 Å². The number of esters is 1. The highest BCUT2D eigenvalue weighted by molar-refractivity contribution is 5.89. The number of rotatable bonds is 11. The van der Waals surface area contributed by atoms with Crippen molar-refractivity contribution in [3.63, 3.8) is 0 Å². The number of ether oxygens (including phenoxy) is 7. The van der Waals surface area contributed by atoms with Gasteiger partial charge in [-0.2, -0.15) is 0 Å². The zero-order chi connectivity index (χ0) is 41.3. The van der Waals surface area contributed by atoms with Crippen molar-refractivity contribution < 1.29 is 88.3 Å². The van der Waals surface area contributed by atoms with Crippen molar-refractivity contribution in [2.75, 3.05) is 20.8 Å². The molecule has 19 heteroatoms. The Morgan fingerprint density at radius 3 is 2.16 bits per heavy atom. The fourth-order valence-corrected chi connectivity index (χ4v) is 6.25. The van der Waals surface area contributed by atoms with Crippen molar-refractivity contribution in [1.82, 2.24) is 0 Å². The Balaban J connectivity index is 1.21. The van der Waals surface area contributed by atoms with Crippen LogP contribution in [0.2, 0.25) is 0 Å². The Morgan fingerprint density at radius 2 is 1.46 bits per heavy atom. The molecule has 2 saturated heterocycles. The highest BCUT2D eigenvalue weighted by atomic mass is 16.7. The van der Waals surface area contributed by atoms with Crippen LogP contribution in [-0.2, 0) is 23.7 Å². The van der Waals surface area contributed by atoms with Gasteiger partial charge in [-0.1, -0.05) is 6.07 Å². The molecular weight excluding hydrogens is 760 g/mol. The maximum Gasteiger partial charge on any atom is 0.331 e. The zero-order valence-corrected chi connectivity index (χ0v) is 30.4. The Labute approximate surface area is 322 Å². The largest absolute Gasteiger partial charge is 0.508 e. The maximum absolute atomic E-state index is 13.9. The lowest BCUT2D eigenvalue weighted by atomic mass is 9.98. The number of benzene rings is 3. The SMILES string of the molecule is COc1cc(C=CC(=O)OC2C(O)C(C)OC(OCC3OC(Oc4c(-c5ccc(O)c(OC)c5)oc5cc(O)cc(O)c5c4=O)C(O)C(O)C3O)C2O)ccc1O. The number of aliphatic hydroxyl groups excluding tert-OH is 5. The van der Waals surface area contributed by atoms with Crippen molar-refractivity contribution in [2.45, 2.75) is 68.3 Å². The molecule has 0 spiro atoms. The second kappa shape index (κ2) is 16.8. The fourth-order valence-electron chi connectivity index (χ4n) is 6.25. The Hall–Kier alpha value is -5.64. The van der Waals surface area contributed by atoms with Crippen LogP contribution < -0.4 is 19.6 Å². The highest BCUT2D eigenvalue weighted by Crippen LogP contribution is 2.40. The van der Waals surface area contributed by atoms with Gasteiger partial charge in [0.15, 0.2) is 41.2 Å². The lowest BCUT2D eigenvalue weighted by Crippen LogP contribution is -2.62. The summed E-state index contributed by atoms with van der Waals surface area (Å²) in [7, 11) is 2.62. The Bertz CT molecular complexity index is 2180. The Kier molecular flexibility index (Phi) is 12.1. The van der Waals surface area contributed by atoms with Crippen LogP contribution in [0.1, 0.15) is 12.5 Å². The van der Waals surface area contributed by atoms with Gasteiger partial charge in [0, 0.05) is 23.8 Å². The number of carbonyl (C=O) groups excluding carboxylic acids is 1. The van der Waals surface area contributed by atoms with E-state index in [9.17, 15) is 55.5 Å². The van der Waals surface area contributed by atoms with Crippen LogP contribution in [0, 0.1) is 0 Å². The van der Waals surface area contributed by atoms with Gasteiger partial charge in [-0.05, 0) is 48.9 Å². The van der Waals surface area contributed by atoms with E-state index in [1.165, 1.54) is 63.6 Å². The molecule has 0 bridgehead atoms. The number of phenols is 4. The van der Waals surface area contributed by atoms with E-state index in [4.69, 9.17) is 37.6 Å². The lowest BCUT2D eigenvalue weighted by molar-refractivity contribution is -0.319. The number of hydrogen-bond acceptors (Lipinski definition) is 19. The second-order valence-corrected chi connectivity index (χ2v) is 13.1. The summed E-state index contributed by atoms with van der Waals surface area (Å²) in [5.74, 6) is -3.37. The van der Waals surface area contributed by atoms with Gasteiger partial charge in [0.05, 0.1) is 26.9 Å². The van der Waals surface area contributed by atoms with E-state index in [2.05, 4.69) is 0 Å². The molecule has 2 aliphatic rings. The number of hydrogen-bond donors (Lipinski definition) is 9. The molecule has 0 aliphatic carbocycles. The predicted molar refractivity (Wildman–Crippen MR) is 193 cm³/mol.